The van der Waals surface area contributed by atoms with E-state index in [1.165, 1.54) is 0 Å². The topological polar surface area (TPSA) is 58.2 Å². The number of rotatable bonds is 2. The number of carbonyl (C=O) groups is 2. The lowest BCUT2D eigenvalue weighted by Gasteiger charge is -2.21. The molecular formula is C18H18BrIN2O2. The van der Waals surface area contributed by atoms with Gasteiger partial charge >= 0.3 is 0 Å². The van der Waals surface area contributed by atoms with Gasteiger partial charge in [0.05, 0.1) is 5.56 Å². The molecule has 0 unspecified atom stereocenters. The molecule has 2 N–H and O–H groups in total. The van der Waals surface area contributed by atoms with E-state index < -0.39 is 0 Å². The highest BCUT2D eigenvalue weighted by molar-refractivity contribution is 14.1. The van der Waals surface area contributed by atoms with Crippen molar-refractivity contribution >= 4 is 50.3 Å². The molecule has 0 aromatic heterocycles. The number of carbonyl (C=O) groups excluding carboxylic acids is 2. The number of benzene rings is 2. The predicted octanol–water partition coefficient (Wildman–Crippen LogP) is 4.43. The minimum atomic E-state index is -0.365. The lowest BCUT2D eigenvalue weighted by atomic mass is 9.86. The quantitative estimate of drug-likeness (QED) is 0.473. The molecule has 0 spiro atoms. The molecule has 0 radical (unpaired) electrons. The number of halogens is 2. The third-order valence-electron chi connectivity index (χ3n) is 3.45. The van der Waals surface area contributed by atoms with Crippen LogP contribution in [0.2, 0.25) is 0 Å². The number of hydrogen-bond acceptors (Lipinski definition) is 2. The van der Waals surface area contributed by atoms with Crippen molar-refractivity contribution in [3.8, 4) is 0 Å². The number of hydrazine groups is 1. The van der Waals surface area contributed by atoms with Crippen molar-refractivity contribution in [3.05, 3.63) is 67.2 Å². The van der Waals surface area contributed by atoms with Crippen LogP contribution in [0, 0.1) is 3.57 Å². The van der Waals surface area contributed by atoms with Gasteiger partial charge < -0.3 is 0 Å². The second kappa shape index (κ2) is 7.65. The molecule has 0 aliphatic carbocycles. The summed E-state index contributed by atoms with van der Waals surface area (Å²) in [5.41, 5.74) is 6.97. The van der Waals surface area contributed by atoms with Gasteiger partial charge in [-0.2, -0.15) is 0 Å². The van der Waals surface area contributed by atoms with E-state index in [0.717, 1.165) is 13.6 Å². The van der Waals surface area contributed by atoms with Gasteiger partial charge in [0.2, 0.25) is 0 Å². The van der Waals surface area contributed by atoms with Crippen LogP contribution in [0.5, 0.6) is 0 Å². The van der Waals surface area contributed by atoms with Crippen LogP contribution in [-0.4, -0.2) is 11.8 Å². The SMILES string of the molecule is CC(C)(C)c1ccc(C(=O)NNC(=O)c2ccccc2I)cc1Br. The summed E-state index contributed by atoms with van der Waals surface area (Å²) in [6.07, 6.45) is 0. The van der Waals surface area contributed by atoms with Gasteiger partial charge in [0.15, 0.2) is 0 Å². The Morgan fingerprint density at radius 2 is 1.62 bits per heavy atom. The van der Waals surface area contributed by atoms with Gasteiger partial charge in [0, 0.05) is 13.6 Å². The van der Waals surface area contributed by atoms with Crippen molar-refractivity contribution in [1.29, 1.82) is 0 Å². The maximum atomic E-state index is 12.2. The molecule has 2 aromatic rings. The Morgan fingerprint density at radius 3 is 2.21 bits per heavy atom. The Bertz CT molecular complexity index is 785. The molecule has 4 nitrogen and oxygen atoms in total. The molecule has 2 rings (SSSR count). The standard InChI is InChI=1S/C18H18BrIN2O2/c1-18(2,3)13-9-8-11(10-14(13)19)16(23)21-22-17(24)12-6-4-5-7-15(12)20/h4-10H,1-3H3,(H,21,23)(H,22,24). The normalized spacial score (nSPS) is 11.0. The summed E-state index contributed by atoms with van der Waals surface area (Å²) in [5, 5.41) is 0. The fourth-order valence-corrected chi connectivity index (χ4v) is 3.77. The van der Waals surface area contributed by atoms with Crippen LogP contribution in [0.15, 0.2) is 46.9 Å². The molecule has 6 heteroatoms. The summed E-state index contributed by atoms with van der Waals surface area (Å²) in [6, 6.07) is 12.6. The van der Waals surface area contributed by atoms with Gasteiger partial charge in [-0.05, 0) is 57.8 Å². The average molecular weight is 501 g/mol. The molecule has 0 fully saturated rings. The second-order valence-corrected chi connectivity index (χ2v) is 8.35. The maximum absolute atomic E-state index is 12.2. The molecule has 0 aliphatic rings. The summed E-state index contributed by atoms with van der Waals surface area (Å²) >= 11 is 5.59. The smallest absolute Gasteiger partial charge is 0.267 e. The first kappa shape index (κ1) is 18.9. The zero-order chi connectivity index (χ0) is 17.9. The van der Waals surface area contributed by atoms with Crippen LogP contribution in [0.1, 0.15) is 47.1 Å². The number of hydrogen-bond donors (Lipinski definition) is 2. The van der Waals surface area contributed by atoms with Gasteiger partial charge in [0.1, 0.15) is 0 Å². The van der Waals surface area contributed by atoms with Gasteiger partial charge in [-0.1, -0.05) is 54.9 Å². The first-order chi connectivity index (χ1) is 11.2. The lowest BCUT2D eigenvalue weighted by molar-refractivity contribution is 0.0846. The monoisotopic (exact) mass is 500 g/mol. The molecule has 0 aliphatic heterocycles. The van der Waals surface area contributed by atoms with Gasteiger partial charge in [-0.15, -0.1) is 0 Å². The van der Waals surface area contributed by atoms with Gasteiger partial charge in [-0.3, -0.25) is 20.4 Å². The molecule has 2 aromatic carbocycles. The average Bonchev–Trinajstić information content (AvgIpc) is 2.51. The largest absolute Gasteiger partial charge is 0.270 e. The van der Waals surface area contributed by atoms with Crippen molar-refractivity contribution in [2.24, 2.45) is 0 Å². The van der Waals surface area contributed by atoms with Crippen LogP contribution >= 0.6 is 38.5 Å². The lowest BCUT2D eigenvalue weighted by Crippen LogP contribution is -2.41. The number of amides is 2. The summed E-state index contributed by atoms with van der Waals surface area (Å²) in [7, 11) is 0. The Labute approximate surface area is 163 Å². The molecule has 126 valence electrons. The Hall–Kier alpha value is -1.41. The Kier molecular flexibility index (Phi) is 6.03. The van der Waals surface area contributed by atoms with E-state index in [-0.39, 0.29) is 17.2 Å². The Balaban J connectivity index is 2.07. The highest BCUT2D eigenvalue weighted by Crippen LogP contribution is 2.30. The predicted molar refractivity (Wildman–Crippen MR) is 107 cm³/mol. The van der Waals surface area contributed by atoms with Crippen LogP contribution < -0.4 is 10.9 Å². The molecule has 2 amide bonds. The third-order valence-corrected chi connectivity index (χ3v) is 5.04. The van der Waals surface area contributed by atoms with Crippen molar-refractivity contribution in [3.63, 3.8) is 0 Å². The van der Waals surface area contributed by atoms with Gasteiger partial charge in [-0.25, -0.2) is 0 Å². The molecule has 0 bridgehead atoms. The van der Waals surface area contributed by atoms with E-state index in [0.29, 0.717) is 11.1 Å². The third kappa shape index (κ3) is 4.57. The molecule has 0 saturated carbocycles. The van der Waals surface area contributed by atoms with Crippen LogP contribution in [0.3, 0.4) is 0 Å². The Morgan fingerprint density at radius 1 is 1.00 bits per heavy atom. The highest BCUT2D eigenvalue weighted by Gasteiger charge is 2.18. The summed E-state index contributed by atoms with van der Waals surface area (Å²) in [4.78, 5) is 24.3. The minimum Gasteiger partial charge on any atom is -0.267 e. The highest BCUT2D eigenvalue weighted by atomic mass is 127. The zero-order valence-corrected chi connectivity index (χ0v) is 17.4. The first-order valence-corrected chi connectivity index (χ1v) is 9.22. The zero-order valence-electron chi connectivity index (χ0n) is 13.6. The van der Waals surface area contributed by atoms with Crippen molar-refractivity contribution in [2.75, 3.05) is 0 Å². The summed E-state index contributed by atoms with van der Waals surface area (Å²) < 4.78 is 1.69. The van der Waals surface area contributed by atoms with E-state index in [4.69, 9.17) is 0 Å². The van der Waals surface area contributed by atoms with Gasteiger partial charge in [0.25, 0.3) is 11.8 Å². The van der Waals surface area contributed by atoms with Crippen molar-refractivity contribution < 1.29 is 9.59 Å². The maximum Gasteiger partial charge on any atom is 0.270 e. The second-order valence-electron chi connectivity index (χ2n) is 6.33. The van der Waals surface area contributed by atoms with E-state index in [9.17, 15) is 9.59 Å². The van der Waals surface area contributed by atoms with E-state index in [1.54, 1.807) is 24.3 Å². The van der Waals surface area contributed by atoms with Crippen molar-refractivity contribution in [1.82, 2.24) is 10.9 Å². The van der Waals surface area contributed by atoms with E-state index >= 15 is 0 Å². The first-order valence-electron chi connectivity index (χ1n) is 7.35. The van der Waals surface area contributed by atoms with E-state index in [2.05, 4.69) is 70.1 Å². The van der Waals surface area contributed by atoms with Crippen LogP contribution in [0.4, 0.5) is 0 Å². The fraction of sp³-hybridized carbons (Fsp3) is 0.222. The molecule has 0 atom stereocenters. The summed E-state index contributed by atoms with van der Waals surface area (Å²) in [5.74, 6) is -0.714. The molecule has 0 saturated heterocycles. The van der Waals surface area contributed by atoms with Crippen LogP contribution in [0.25, 0.3) is 0 Å². The van der Waals surface area contributed by atoms with E-state index in [1.807, 2.05) is 18.2 Å². The van der Waals surface area contributed by atoms with Crippen LogP contribution in [-0.2, 0) is 5.41 Å². The molecule has 0 heterocycles. The summed E-state index contributed by atoms with van der Waals surface area (Å²) in [6.45, 7) is 6.32. The molecule has 24 heavy (non-hydrogen) atoms. The molecular weight excluding hydrogens is 483 g/mol. The van der Waals surface area contributed by atoms with Crippen molar-refractivity contribution in [2.45, 2.75) is 26.2 Å². The number of nitrogens with one attached hydrogen (secondary N) is 2. The fourth-order valence-electron chi connectivity index (χ4n) is 2.16. The minimum absolute atomic E-state index is 0.0218.